The van der Waals surface area contributed by atoms with Gasteiger partial charge in [-0.25, -0.2) is 24.6 Å². The highest BCUT2D eigenvalue weighted by atomic mass is 19.4. The van der Waals surface area contributed by atoms with E-state index in [1.54, 1.807) is 0 Å². The highest BCUT2D eigenvalue weighted by molar-refractivity contribution is 5.89. The molecule has 2 unspecified atom stereocenters. The minimum absolute atomic E-state index is 0.0233. The summed E-state index contributed by atoms with van der Waals surface area (Å²) in [7, 11) is 1.88. The van der Waals surface area contributed by atoms with Crippen LogP contribution in [-0.2, 0) is 13.2 Å². The van der Waals surface area contributed by atoms with Gasteiger partial charge in [0.2, 0.25) is 5.92 Å². The molecule has 2 aromatic heterocycles. The molecule has 0 radical (unpaired) electrons. The molecule has 3 N–H and O–H groups in total. The summed E-state index contributed by atoms with van der Waals surface area (Å²) in [6.45, 7) is 5.63. The number of benzene rings is 1. The summed E-state index contributed by atoms with van der Waals surface area (Å²) >= 11 is 0. The first kappa shape index (κ1) is 25.7. The lowest BCUT2D eigenvalue weighted by Crippen LogP contribution is -2.55. The molecular formula is C25H30F5N7. The Labute approximate surface area is 211 Å². The molecule has 2 aliphatic rings. The van der Waals surface area contributed by atoms with Gasteiger partial charge in [-0.15, -0.1) is 0 Å². The standard InChI is InChI=1S/C25H30F5N7/c1-14-13-36(8-9-37(14)19-10-20(34-31)33-23-21(19)32-15(2)35(23)3)22(17-11-24(26,27)12-17)16-4-6-18(7-5-16)25(28,29)30/h4-7,10,14,17,22H,8-9,11-13,31H2,1-3H3,(H,33,34). The van der Waals surface area contributed by atoms with E-state index in [4.69, 9.17) is 10.8 Å². The lowest BCUT2D eigenvalue weighted by atomic mass is 9.73. The fourth-order valence-electron chi connectivity index (χ4n) is 5.71. The number of pyridine rings is 1. The molecule has 1 aliphatic carbocycles. The van der Waals surface area contributed by atoms with E-state index < -0.39 is 17.7 Å². The van der Waals surface area contributed by atoms with Crippen molar-refractivity contribution in [1.82, 2.24) is 19.4 Å². The quantitative estimate of drug-likeness (QED) is 0.282. The van der Waals surface area contributed by atoms with Crippen molar-refractivity contribution in [2.45, 2.75) is 50.9 Å². The summed E-state index contributed by atoms with van der Waals surface area (Å²) in [5.74, 6) is 3.92. The zero-order chi connectivity index (χ0) is 26.7. The van der Waals surface area contributed by atoms with Gasteiger partial charge in [0.1, 0.15) is 17.2 Å². The Morgan fingerprint density at radius 1 is 1.11 bits per heavy atom. The topological polar surface area (TPSA) is 75.2 Å². The van der Waals surface area contributed by atoms with Crippen LogP contribution in [0.2, 0.25) is 0 Å². The number of fused-ring (bicyclic) bond motifs is 1. The first-order chi connectivity index (χ1) is 17.4. The van der Waals surface area contributed by atoms with Gasteiger partial charge in [0.15, 0.2) is 5.65 Å². The SMILES string of the molecule is Cc1nc2c(N3CCN(C(c4ccc(C(F)(F)F)cc4)C4CC(F)(F)C4)CC3C)cc(NN)nc2n1C. The third-order valence-electron chi connectivity index (χ3n) is 7.69. The normalized spacial score (nSPS) is 21.8. The number of halogens is 5. The van der Waals surface area contributed by atoms with Gasteiger partial charge >= 0.3 is 6.18 Å². The first-order valence-corrected chi connectivity index (χ1v) is 12.2. The molecule has 37 heavy (non-hydrogen) atoms. The maximum absolute atomic E-state index is 13.9. The van der Waals surface area contributed by atoms with Gasteiger partial charge in [0.25, 0.3) is 0 Å². The van der Waals surface area contributed by atoms with Crippen molar-refractivity contribution in [2.24, 2.45) is 18.8 Å². The molecule has 0 spiro atoms. The van der Waals surface area contributed by atoms with Crippen molar-refractivity contribution in [3.63, 3.8) is 0 Å². The van der Waals surface area contributed by atoms with E-state index in [1.807, 2.05) is 31.5 Å². The third-order valence-corrected chi connectivity index (χ3v) is 7.69. The van der Waals surface area contributed by atoms with Gasteiger partial charge in [-0.3, -0.25) is 4.90 Å². The van der Waals surface area contributed by atoms with Gasteiger partial charge in [0, 0.05) is 57.7 Å². The Bertz CT molecular complexity index is 1280. The Morgan fingerprint density at radius 2 is 1.78 bits per heavy atom. The molecule has 3 aromatic rings. The zero-order valence-corrected chi connectivity index (χ0v) is 20.9. The maximum Gasteiger partial charge on any atom is 0.416 e. The van der Waals surface area contributed by atoms with Gasteiger partial charge in [0.05, 0.1) is 11.3 Å². The monoisotopic (exact) mass is 523 g/mol. The van der Waals surface area contributed by atoms with Crippen LogP contribution >= 0.6 is 0 Å². The molecule has 5 rings (SSSR count). The summed E-state index contributed by atoms with van der Waals surface area (Å²) in [5.41, 5.74) is 4.81. The highest BCUT2D eigenvalue weighted by Gasteiger charge is 2.50. The van der Waals surface area contributed by atoms with E-state index in [1.165, 1.54) is 12.1 Å². The molecule has 0 amide bonds. The molecule has 3 heterocycles. The number of aryl methyl sites for hydroxylation is 2. The molecule has 7 nitrogen and oxygen atoms in total. The molecule has 1 aromatic carbocycles. The Hall–Kier alpha value is -2.99. The van der Waals surface area contributed by atoms with Crippen LogP contribution in [0.5, 0.6) is 0 Å². The minimum atomic E-state index is -4.45. The number of alkyl halides is 5. The molecule has 1 saturated heterocycles. The van der Waals surface area contributed by atoms with Crippen molar-refractivity contribution in [1.29, 1.82) is 0 Å². The summed E-state index contributed by atoms with van der Waals surface area (Å²) in [5, 5.41) is 0. The lowest BCUT2D eigenvalue weighted by molar-refractivity contribution is -0.137. The number of nitrogens with two attached hydrogens (primary N) is 1. The fraction of sp³-hybridized carbons (Fsp3) is 0.520. The number of hydrogen-bond donors (Lipinski definition) is 2. The van der Waals surface area contributed by atoms with Crippen molar-refractivity contribution in [2.75, 3.05) is 30.0 Å². The Balaban J connectivity index is 1.43. The molecule has 200 valence electrons. The molecule has 12 heteroatoms. The van der Waals surface area contributed by atoms with E-state index in [-0.39, 0.29) is 30.8 Å². The number of nitrogen functional groups attached to an aromatic ring is 1. The molecule has 1 aliphatic heterocycles. The number of aromatic nitrogens is 3. The second-order valence-corrected chi connectivity index (χ2v) is 10.2. The van der Waals surface area contributed by atoms with E-state index in [0.29, 0.717) is 36.7 Å². The van der Waals surface area contributed by atoms with Crippen molar-refractivity contribution < 1.29 is 22.0 Å². The molecule has 2 atom stereocenters. The van der Waals surface area contributed by atoms with Crippen LogP contribution in [0.3, 0.4) is 0 Å². The van der Waals surface area contributed by atoms with Gasteiger partial charge in [-0.1, -0.05) is 12.1 Å². The van der Waals surface area contributed by atoms with Crippen LogP contribution in [0.1, 0.15) is 42.8 Å². The van der Waals surface area contributed by atoms with Crippen molar-refractivity contribution in [3.8, 4) is 0 Å². The van der Waals surface area contributed by atoms with Crippen LogP contribution in [0.25, 0.3) is 11.2 Å². The molecule has 2 fully saturated rings. The predicted octanol–water partition coefficient (Wildman–Crippen LogP) is 4.88. The number of hydrazine groups is 1. The van der Waals surface area contributed by atoms with Crippen molar-refractivity contribution in [3.05, 3.63) is 47.3 Å². The van der Waals surface area contributed by atoms with Crippen LogP contribution in [0.15, 0.2) is 30.3 Å². The van der Waals surface area contributed by atoms with Gasteiger partial charge in [-0.2, -0.15) is 13.2 Å². The van der Waals surface area contributed by atoms with E-state index in [2.05, 4.69) is 20.2 Å². The van der Waals surface area contributed by atoms with Crippen LogP contribution < -0.4 is 16.2 Å². The largest absolute Gasteiger partial charge is 0.416 e. The number of anilines is 2. The summed E-state index contributed by atoms with van der Waals surface area (Å²) < 4.78 is 69.0. The molecule has 0 bridgehead atoms. The van der Waals surface area contributed by atoms with Crippen LogP contribution in [-0.4, -0.2) is 51.0 Å². The number of hydrogen-bond acceptors (Lipinski definition) is 6. The molecule has 1 saturated carbocycles. The summed E-state index contributed by atoms with van der Waals surface area (Å²) in [6.07, 6.45) is -4.98. The fourth-order valence-corrected chi connectivity index (χ4v) is 5.71. The van der Waals surface area contributed by atoms with E-state index in [0.717, 1.165) is 29.2 Å². The van der Waals surface area contributed by atoms with Gasteiger partial charge < -0.3 is 14.9 Å². The number of nitrogens with one attached hydrogen (secondary N) is 1. The zero-order valence-electron chi connectivity index (χ0n) is 20.9. The number of piperazine rings is 1. The summed E-state index contributed by atoms with van der Waals surface area (Å²) in [6, 6.07) is 6.38. The second-order valence-electron chi connectivity index (χ2n) is 10.2. The maximum atomic E-state index is 13.9. The average Bonchev–Trinajstić information content (AvgIpc) is 3.11. The predicted molar refractivity (Wildman–Crippen MR) is 131 cm³/mol. The smallest absolute Gasteiger partial charge is 0.364 e. The Kier molecular flexibility index (Phi) is 6.30. The van der Waals surface area contributed by atoms with Gasteiger partial charge in [-0.05, 0) is 37.5 Å². The third kappa shape index (κ3) is 4.72. The van der Waals surface area contributed by atoms with Crippen LogP contribution in [0.4, 0.5) is 33.5 Å². The van der Waals surface area contributed by atoms with E-state index in [9.17, 15) is 22.0 Å². The summed E-state index contributed by atoms with van der Waals surface area (Å²) in [4.78, 5) is 13.6. The second kappa shape index (κ2) is 9.09. The molecular weight excluding hydrogens is 493 g/mol. The van der Waals surface area contributed by atoms with E-state index >= 15 is 0 Å². The number of rotatable bonds is 5. The lowest BCUT2D eigenvalue weighted by Gasteiger charge is -2.49. The first-order valence-electron chi connectivity index (χ1n) is 12.2. The Morgan fingerprint density at radius 3 is 2.35 bits per heavy atom. The minimum Gasteiger partial charge on any atom is -0.364 e. The average molecular weight is 524 g/mol. The van der Waals surface area contributed by atoms with Crippen LogP contribution in [0, 0.1) is 12.8 Å². The number of nitrogens with zero attached hydrogens (tertiary/aromatic N) is 5. The highest BCUT2D eigenvalue weighted by Crippen LogP contribution is 2.51. The van der Waals surface area contributed by atoms with Crippen molar-refractivity contribution >= 4 is 22.7 Å². The number of imidazole rings is 1.